The number of aliphatic hydroxyl groups is 1. The first kappa shape index (κ1) is 10.5. The SMILES string of the molecule is C/C(=C/C(O)C(=O)O)c1ccccc1. The van der Waals surface area contributed by atoms with E-state index >= 15 is 0 Å². The number of carbonyl (C=O) groups is 1. The van der Waals surface area contributed by atoms with E-state index in [1.54, 1.807) is 6.92 Å². The maximum atomic E-state index is 10.4. The van der Waals surface area contributed by atoms with Gasteiger partial charge in [0, 0.05) is 0 Å². The lowest BCUT2D eigenvalue weighted by atomic mass is 10.1. The topological polar surface area (TPSA) is 57.5 Å². The third-order valence-electron chi connectivity index (χ3n) is 1.89. The van der Waals surface area contributed by atoms with Gasteiger partial charge in [0.2, 0.25) is 0 Å². The monoisotopic (exact) mass is 192 g/mol. The molecular weight excluding hydrogens is 180 g/mol. The van der Waals surface area contributed by atoms with Crippen molar-refractivity contribution < 1.29 is 15.0 Å². The zero-order chi connectivity index (χ0) is 10.6. The van der Waals surface area contributed by atoms with Gasteiger partial charge < -0.3 is 10.2 Å². The summed E-state index contributed by atoms with van der Waals surface area (Å²) in [6, 6.07) is 9.32. The van der Waals surface area contributed by atoms with Crippen molar-refractivity contribution in [2.24, 2.45) is 0 Å². The average molecular weight is 192 g/mol. The normalized spacial score (nSPS) is 13.7. The van der Waals surface area contributed by atoms with Crippen molar-refractivity contribution in [3.63, 3.8) is 0 Å². The van der Waals surface area contributed by atoms with Crippen LogP contribution in [0.25, 0.3) is 5.57 Å². The summed E-state index contributed by atoms with van der Waals surface area (Å²) >= 11 is 0. The summed E-state index contributed by atoms with van der Waals surface area (Å²) in [6.07, 6.45) is -0.118. The first-order chi connectivity index (χ1) is 6.61. The van der Waals surface area contributed by atoms with E-state index in [9.17, 15) is 4.79 Å². The molecule has 0 spiro atoms. The Bertz CT molecular complexity index is 341. The minimum atomic E-state index is -1.43. The van der Waals surface area contributed by atoms with Crippen molar-refractivity contribution >= 4 is 11.5 Å². The van der Waals surface area contributed by atoms with E-state index in [1.165, 1.54) is 6.08 Å². The van der Waals surface area contributed by atoms with E-state index < -0.39 is 12.1 Å². The van der Waals surface area contributed by atoms with Gasteiger partial charge in [-0.2, -0.15) is 0 Å². The molecule has 0 radical (unpaired) electrons. The van der Waals surface area contributed by atoms with E-state index in [0.717, 1.165) is 11.1 Å². The smallest absolute Gasteiger partial charge is 0.336 e. The Labute approximate surface area is 82.3 Å². The van der Waals surface area contributed by atoms with Crippen LogP contribution in [0, 0.1) is 0 Å². The minimum Gasteiger partial charge on any atom is -0.479 e. The summed E-state index contributed by atoms with van der Waals surface area (Å²) in [4.78, 5) is 10.4. The Kier molecular flexibility index (Phi) is 3.42. The maximum Gasteiger partial charge on any atom is 0.336 e. The number of aliphatic hydroxyl groups excluding tert-OH is 1. The summed E-state index contributed by atoms with van der Waals surface area (Å²) in [5.74, 6) is -1.24. The highest BCUT2D eigenvalue weighted by molar-refractivity contribution is 5.78. The Morgan fingerprint density at radius 1 is 1.36 bits per heavy atom. The fourth-order valence-electron chi connectivity index (χ4n) is 1.11. The van der Waals surface area contributed by atoms with Crippen LogP contribution in [0.15, 0.2) is 36.4 Å². The van der Waals surface area contributed by atoms with Gasteiger partial charge in [0.1, 0.15) is 0 Å². The van der Waals surface area contributed by atoms with Crippen LogP contribution in [0.2, 0.25) is 0 Å². The van der Waals surface area contributed by atoms with Gasteiger partial charge in [-0.25, -0.2) is 4.79 Å². The van der Waals surface area contributed by atoms with Gasteiger partial charge in [-0.15, -0.1) is 0 Å². The quantitative estimate of drug-likeness (QED) is 0.763. The summed E-state index contributed by atoms with van der Waals surface area (Å²) in [6.45, 7) is 1.77. The molecule has 1 unspecified atom stereocenters. The second-order valence-electron chi connectivity index (χ2n) is 3.00. The predicted molar refractivity (Wildman–Crippen MR) is 53.7 cm³/mol. The lowest BCUT2D eigenvalue weighted by Crippen LogP contribution is -2.16. The second-order valence-corrected chi connectivity index (χ2v) is 3.00. The Balaban J connectivity index is 2.85. The summed E-state index contributed by atoms with van der Waals surface area (Å²) < 4.78 is 0. The number of carboxylic acids is 1. The lowest BCUT2D eigenvalue weighted by molar-refractivity contribution is -0.144. The summed E-state index contributed by atoms with van der Waals surface area (Å²) in [7, 11) is 0. The Morgan fingerprint density at radius 3 is 2.43 bits per heavy atom. The van der Waals surface area contributed by atoms with Crippen LogP contribution in [-0.2, 0) is 4.79 Å². The number of aliphatic carboxylic acids is 1. The molecule has 3 heteroatoms. The van der Waals surface area contributed by atoms with E-state index in [-0.39, 0.29) is 0 Å². The number of hydrogen-bond acceptors (Lipinski definition) is 2. The molecule has 1 rings (SSSR count). The fourth-order valence-corrected chi connectivity index (χ4v) is 1.11. The molecule has 74 valence electrons. The second kappa shape index (κ2) is 4.58. The van der Waals surface area contributed by atoms with E-state index in [0.29, 0.717) is 0 Å². The van der Waals surface area contributed by atoms with Gasteiger partial charge in [-0.1, -0.05) is 30.3 Å². The van der Waals surface area contributed by atoms with Crippen molar-refractivity contribution in [2.75, 3.05) is 0 Å². The van der Waals surface area contributed by atoms with E-state index in [1.807, 2.05) is 30.3 Å². The highest BCUT2D eigenvalue weighted by Gasteiger charge is 2.09. The fraction of sp³-hybridized carbons (Fsp3) is 0.182. The highest BCUT2D eigenvalue weighted by Crippen LogP contribution is 2.13. The van der Waals surface area contributed by atoms with Crippen LogP contribution in [0.1, 0.15) is 12.5 Å². The molecule has 0 aliphatic carbocycles. The molecule has 0 fully saturated rings. The first-order valence-corrected chi connectivity index (χ1v) is 4.26. The average Bonchev–Trinajstić information content (AvgIpc) is 2.19. The van der Waals surface area contributed by atoms with Crippen LogP contribution in [0.3, 0.4) is 0 Å². The zero-order valence-electron chi connectivity index (χ0n) is 7.84. The number of carboxylic acid groups (broad SMARTS) is 1. The first-order valence-electron chi connectivity index (χ1n) is 4.26. The largest absolute Gasteiger partial charge is 0.479 e. The minimum absolute atomic E-state index is 0.750. The molecule has 0 amide bonds. The van der Waals surface area contributed by atoms with Gasteiger partial charge in [0.05, 0.1) is 0 Å². The molecular formula is C11H12O3. The molecule has 0 heterocycles. The number of hydrogen-bond donors (Lipinski definition) is 2. The van der Waals surface area contributed by atoms with Crippen molar-refractivity contribution in [1.29, 1.82) is 0 Å². The predicted octanol–water partition coefficient (Wildman–Crippen LogP) is 1.54. The number of rotatable bonds is 3. The van der Waals surface area contributed by atoms with Crippen molar-refractivity contribution in [3.05, 3.63) is 42.0 Å². The van der Waals surface area contributed by atoms with Crippen LogP contribution in [-0.4, -0.2) is 22.3 Å². The molecule has 0 saturated heterocycles. The summed E-state index contributed by atoms with van der Waals surface area (Å²) in [5, 5.41) is 17.6. The van der Waals surface area contributed by atoms with Crippen LogP contribution in [0.4, 0.5) is 0 Å². The Morgan fingerprint density at radius 2 is 1.93 bits per heavy atom. The molecule has 0 aromatic heterocycles. The molecule has 0 bridgehead atoms. The highest BCUT2D eigenvalue weighted by atomic mass is 16.4. The third kappa shape index (κ3) is 2.71. The van der Waals surface area contributed by atoms with Crippen LogP contribution >= 0.6 is 0 Å². The van der Waals surface area contributed by atoms with E-state index in [4.69, 9.17) is 10.2 Å². The van der Waals surface area contributed by atoms with E-state index in [2.05, 4.69) is 0 Å². The summed E-state index contributed by atoms with van der Waals surface area (Å²) in [5.41, 5.74) is 1.66. The van der Waals surface area contributed by atoms with Crippen LogP contribution in [0.5, 0.6) is 0 Å². The molecule has 2 N–H and O–H groups in total. The van der Waals surface area contributed by atoms with Gasteiger partial charge in [-0.3, -0.25) is 0 Å². The molecule has 1 atom stereocenters. The Hall–Kier alpha value is -1.61. The molecule has 14 heavy (non-hydrogen) atoms. The van der Waals surface area contributed by atoms with Gasteiger partial charge in [0.15, 0.2) is 6.10 Å². The standard InChI is InChI=1S/C11H12O3/c1-8(7-10(12)11(13)14)9-5-3-2-4-6-9/h2-7,10,12H,1H3,(H,13,14)/b8-7-. The maximum absolute atomic E-state index is 10.4. The van der Waals surface area contributed by atoms with Gasteiger partial charge in [-0.05, 0) is 24.1 Å². The number of allylic oxidation sites excluding steroid dienone is 1. The molecule has 0 saturated carbocycles. The van der Waals surface area contributed by atoms with Crippen molar-refractivity contribution in [3.8, 4) is 0 Å². The van der Waals surface area contributed by atoms with Crippen molar-refractivity contribution in [1.82, 2.24) is 0 Å². The molecule has 3 nitrogen and oxygen atoms in total. The zero-order valence-corrected chi connectivity index (χ0v) is 7.84. The van der Waals surface area contributed by atoms with Crippen molar-refractivity contribution in [2.45, 2.75) is 13.0 Å². The number of benzene rings is 1. The van der Waals surface area contributed by atoms with Gasteiger partial charge in [0.25, 0.3) is 0 Å². The molecule has 0 aliphatic heterocycles. The molecule has 1 aromatic rings. The van der Waals surface area contributed by atoms with Gasteiger partial charge >= 0.3 is 5.97 Å². The molecule has 0 aliphatic rings. The van der Waals surface area contributed by atoms with Crippen LogP contribution < -0.4 is 0 Å². The molecule has 1 aromatic carbocycles. The third-order valence-corrected chi connectivity index (χ3v) is 1.89. The lowest BCUT2D eigenvalue weighted by Gasteiger charge is -2.03.